The minimum absolute atomic E-state index is 0.253. The number of unbranched alkanes of at least 4 members (excludes halogenated alkanes) is 5. The second kappa shape index (κ2) is 9.65. The van der Waals surface area contributed by atoms with Crippen LogP contribution in [0.15, 0.2) is 30.4 Å². The third-order valence-corrected chi connectivity index (χ3v) is 8.25. The van der Waals surface area contributed by atoms with E-state index < -0.39 is 10.0 Å². The summed E-state index contributed by atoms with van der Waals surface area (Å²) in [6, 6.07) is 3.30. The number of nitrogens with one attached hydrogen (secondary N) is 1. The van der Waals surface area contributed by atoms with Crippen LogP contribution in [0.5, 0.6) is 0 Å². The number of halogens is 3. The lowest BCUT2D eigenvalue weighted by molar-refractivity contribution is 0.567. The van der Waals surface area contributed by atoms with Crippen LogP contribution in [0.2, 0.25) is 0 Å². The van der Waals surface area contributed by atoms with E-state index in [4.69, 9.17) is 0 Å². The standard InChI is InChI=1S/C14H20Br3NO2S/c1-2-3-4-5-6-7-10-18-21(19,20)12-9-8-11(15)13(16)14(12)17/h8-9,18H,2-7,10H2,1H3. The van der Waals surface area contributed by atoms with Crippen LogP contribution in [0, 0.1) is 0 Å². The first kappa shape index (κ1) is 19.6. The average Bonchev–Trinajstić information content (AvgIpc) is 2.43. The van der Waals surface area contributed by atoms with Crippen LogP contribution in [0.25, 0.3) is 0 Å². The molecule has 0 saturated carbocycles. The SMILES string of the molecule is CCCCCCCCNS(=O)(=O)c1ccc(Br)c(Br)c1Br. The van der Waals surface area contributed by atoms with Crippen molar-refractivity contribution in [2.45, 2.75) is 50.3 Å². The molecule has 0 fully saturated rings. The normalized spacial score (nSPS) is 11.8. The molecule has 21 heavy (non-hydrogen) atoms. The quantitative estimate of drug-likeness (QED) is 0.350. The Morgan fingerprint density at radius 3 is 2.24 bits per heavy atom. The van der Waals surface area contributed by atoms with Gasteiger partial charge in [-0.3, -0.25) is 0 Å². The zero-order chi connectivity index (χ0) is 15.9. The van der Waals surface area contributed by atoms with E-state index >= 15 is 0 Å². The number of rotatable bonds is 9. The maximum Gasteiger partial charge on any atom is 0.241 e. The molecule has 0 aliphatic carbocycles. The molecule has 0 bridgehead atoms. The second-order valence-corrected chi connectivity index (χ2v) is 9.01. The van der Waals surface area contributed by atoms with E-state index in [1.165, 1.54) is 25.7 Å². The molecule has 0 unspecified atom stereocenters. The highest BCUT2D eigenvalue weighted by molar-refractivity contribution is 9.14. The Bertz CT molecular complexity index is 562. The summed E-state index contributed by atoms with van der Waals surface area (Å²) in [5.74, 6) is 0. The van der Waals surface area contributed by atoms with Crippen molar-refractivity contribution in [2.75, 3.05) is 6.54 Å². The molecule has 7 heteroatoms. The molecule has 120 valence electrons. The van der Waals surface area contributed by atoms with E-state index in [9.17, 15) is 8.42 Å². The van der Waals surface area contributed by atoms with Crippen molar-refractivity contribution < 1.29 is 8.42 Å². The lowest BCUT2D eigenvalue weighted by atomic mass is 10.1. The van der Waals surface area contributed by atoms with Gasteiger partial charge in [0.1, 0.15) is 0 Å². The topological polar surface area (TPSA) is 46.2 Å². The Morgan fingerprint density at radius 2 is 1.57 bits per heavy atom. The molecule has 0 heterocycles. The van der Waals surface area contributed by atoms with E-state index in [0.29, 0.717) is 15.5 Å². The van der Waals surface area contributed by atoms with Crippen LogP contribution in [0.3, 0.4) is 0 Å². The average molecular weight is 506 g/mol. The smallest absolute Gasteiger partial charge is 0.211 e. The lowest BCUT2D eigenvalue weighted by Gasteiger charge is -2.10. The molecule has 0 aliphatic heterocycles. The Balaban J connectivity index is 2.53. The molecule has 0 radical (unpaired) electrons. The van der Waals surface area contributed by atoms with Gasteiger partial charge in [-0.1, -0.05) is 39.0 Å². The molecular formula is C14H20Br3NO2S. The van der Waals surface area contributed by atoms with E-state index in [2.05, 4.69) is 59.4 Å². The third kappa shape index (κ3) is 6.29. The van der Waals surface area contributed by atoms with Crippen molar-refractivity contribution in [3.8, 4) is 0 Å². The Labute approximate surface area is 152 Å². The number of sulfonamides is 1. The number of hydrogen-bond acceptors (Lipinski definition) is 2. The summed E-state index contributed by atoms with van der Waals surface area (Å²) < 4.78 is 29.3. The van der Waals surface area contributed by atoms with Crippen molar-refractivity contribution in [3.05, 3.63) is 25.6 Å². The summed E-state index contributed by atoms with van der Waals surface area (Å²) in [4.78, 5) is 0.253. The molecule has 0 atom stereocenters. The summed E-state index contributed by atoms with van der Waals surface area (Å²) in [5.41, 5.74) is 0. The van der Waals surface area contributed by atoms with Crippen molar-refractivity contribution >= 4 is 57.8 Å². The molecule has 0 amide bonds. The summed E-state index contributed by atoms with van der Waals surface area (Å²) in [7, 11) is -3.48. The Hall–Kier alpha value is 0.570. The van der Waals surface area contributed by atoms with Gasteiger partial charge in [-0.2, -0.15) is 0 Å². The van der Waals surface area contributed by atoms with Crippen molar-refractivity contribution in [3.63, 3.8) is 0 Å². The van der Waals surface area contributed by atoms with Crippen LogP contribution in [0.4, 0.5) is 0 Å². The lowest BCUT2D eigenvalue weighted by Crippen LogP contribution is -2.25. The fraction of sp³-hybridized carbons (Fsp3) is 0.571. The second-order valence-electron chi connectivity index (χ2n) is 4.84. The highest BCUT2D eigenvalue weighted by Crippen LogP contribution is 2.35. The van der Waals surface area contributed by atoms with Gasteiger partial charge >= 0.3 is 0 Å². The fourth-order valence-corrected chi connectivity index (χ4v) is 5.12. The third-order valence-electron chi connectivity index (χ3n) is 3.11. The van der Waals surface area contributed by atoms with Gasteiger partial charge in [-0.25, -0.2) is 13.1 Å². The first-order valence-corrected chi connectivity index (χ1v) is 10.9. The van der Waals surface area contributed by atoms with Crippen LogP contribution < -0.4 is 4.72 Å². The van der Waals surface area contributed by atoms with E-state index in [-0.39, 0.29) is 4.90 Å². The van der Waals surface area contributed by atoms with Gasteiger partial charge in [0.15, 0.2) is 0 Å². The zero-order valence-electron chi connectivity index (χ0n) is 12.0. The largest absolute Gasteiger partial charge is 0.241 e. The fourth-order valence-electron chi connectivity index (χ4n) is 1.91. The number of benzene rings is 1. The maximum absolute atomic E-state index is 12.3. The first-order chi connectivity index (χ1) is 9.90. The minimum Gasteiger partial charge on any atom is -0.211 e. The van der Waals surface area contributed by atoms with Gasteiger partial charge < -0.3 is 0 Å². The van der Waals surface area contributed by atoms with E-state index in [0.717, 1.165) is 17.3 Å². The molecule has 0 aromatic heterocycles. The molecule has 3 nitrogen and oxygen atoms in total. The van der Waals surface area contributed by atoms with Crippen molar-refractivity contribution in [1.29, 1.82) is 0 Å². The zero-order valence-corrected chi connectivity index (χ0v) is 17.5. The van der Waals surface area contributed by atoms with Gasteiger partial charge in [-0.05, 0) is 66.3 Å². The van der Waals surface area contributed by atoms with Crippen LogP contribution in [-0.2, 0) is 10.0 Å². The van der Waals surface area contributed by atoms with Gasteiger partial charge in [0.05, 0.1) is 9.37 Å². The highest BCUT2D eigenvalue weighted by Gasteiger charge is 2.19. The van der Waals surface area contributed by atoms with Gasteiger partial charge in [0.2, 0.25) is 10.0 Å². The predicted molar refractivity (Wildman–Crippen MR) is 98.1 cm³/mol. The van der Waals surface area contributed by atoms with Crippen LogP contribution >= 0.6 is 47.8 Å². The van der Waals surface area contributed by atoms with Gasteiger partial charge in [0.25, 0.3) is 0 Å². The number of hydrogen-bond donors (Lipinski definition) is 1. The molecule has 0 saturated heterocycles. The van der Waals surface area contributed by atoms with E-state index in [1.807, 2.05) is 0 Å². The summed E-state index contributed by atoms with van der Waals surface area (Å²) in [5, 5.41) is 0. The molecule has 1 rings (SSSR count). The van der Waals surface area contributed by atoms with Crippen molar-refractivity contribution in [2.24, 2.45) is 0 Å². The summed E-state index contributed by atoms with van der Waals surface area (Å²) >= 11 is 10.0. The van der Waals surface area contributed by atoms with Gasteiger partial charge in [0, 0.05) is 15.5 Å². The Morgan fingerprint density at radius 1 is 0.952 bits per heavy atom. The summed E-state index contributed by atoms with van der Waals surface area (Å²) in [6.45, 7) is 2.66. The highest BCUT2D eigenvalue weighted by atomic mass is 79.9. The molecule has 1 N–H and O–H groups in total. The molecular weight excluding hydrogens is 486 g/mol. The minimum atomic E-state index is -3.48. The maximum atomic E-state index is 12.3. The molecule has 0 spiro atoms. The molecule has 0 aliphatic rings. The predicted octanol–water partition coefficient (Wildman–Crippen LogP) is 5.61. The van der Waals surface area contributed by atoms with Crippen molar-refractivity contribution in [1.82, 2.24) is 4.72 Å². The Kier molecular flexibility index (Phi) is 9.02. The van der Waals surface area contributed by atoms with Crippen LogP contribution in [-0.4, -0.2) is 15.0 Å². The first-order valence-electron chi connectivity index (χ1n) is 7.03. The summed E-state index contributed by atoms with van der Waals surface area (Å²) in [6.07, 6.45) is 6.81. The van der Waals surface area contributed by atoms with E-state index in [1.54, 1.807) is 12.1 Å². The monoisotopic (exact) mass is 503 g/mol. The van der Waals surface area contributed by atoms with Crippen LogP contribution in [0.1, 0.15) is 45.4 Å². The van der Waals surface area contributed by atoms with Gasteiger partial charge in [-0.15, -0.1) is 0 Å². The molecule has 1 aromatic rings. The molecule has 1 aromatic carbocycles.